The molecule has 1 aliphatic rings. The Morgan fingerprint density at radius 2 is 2.24 bits per heavy atom. The Hall–Kier alpha value is -1.63. The summed E-state index contributed by atoms with van der Waals surface area (Å²) in [6.07, 6.45) is 1.88. The van der Waals surface area contributed by atoms with Crippen LogP contribution in [0, 0.1) is 19.8 Å². The first kappa shape index (κ1) is 15.8. The second-order valence-corrected chi connectivity index (χ2v) is 6.74. The van der Waals surface area contributed by atoms with Crippen molar-refractivity contribution < 1.29 is 14.7 Å². The van der Waals surface area contributed by atoms with Gasteiger partial charge in [-0.3, -0.25) is 4.79 Å². The van der Waals surface area contributed by atoms with Crippen molar-refractivity contribution in [2.24, 2.45) is 5.92 Å². The van der Waals surface area contributed by atoms with E-state index in [4.69, 9.17) is 5.11 Å². The molecule has 1 unspecified atom stereocenters. The lowest BCUT2D eigenvalue weighted by molar-refractivity contribution is -0.138. The number of rotatable bonds is 4. The average Bonchev–Trinajstić information content (AvgIpc) is 2.74. The van der Waals surface area contributed by atoms with Gasteiger partial charge in [0.05, 0.1) is 17.2 Å². The monoisotopic (exact) mass is 311 g/mol. The first-order chi connectivity index (χ1) is 9.95. The Morgan fingerprint density at radius 3 is 2.86 bits per heavy atom. The molecule has 2 amide bonds. The lowest BCUT2D eigenvalue weighted by atomic mass is 9.95. The molecule has 0 radical (unpaired) electrons. The first-order valence-electron chi connectivity index (χ1n) is 7.13. The summed E-state index contributed by atoms with van der Waals surface area (Å²) >= 11 is 1.59. The molecule has 0 bridgehead atoms. The maximum Gasteiger partial charge on any atom is 0.317 e. The zero-order valence-corrected chi connectivity index (χ0v) is 13.2. The van der Waals surface area contributed by atoms with E-state index >= 15 is 0 Å². The number of piperidine rings is 1. The maximum atomic E-state index is 12.2. The van der Waals surface area contributed by atoms with E-state index < -0.39 is 5.97 Å². The van der Waals surface area contributed by atoms with E-state index in [1.54, 1.807) is 16.2 Å². The van der Waals surface area contributed by atoms with Crippen LogP contribution in [0.25, 0.3) is 0 Å². The Morgan fingerprint density at radius 1 is 1.48 bits per heavy atom. The largest absolute Gasteiger partial charge is 0.481 e. The van der Waals surface area contributed by atoms with Crippen LogP contribution in [0.5, 0.6) is 0 Å². The number of aliphatic carboxylic acids is 1. The molecule has 6 nitrogen and oxygen atoms in total. The Bertz CT molecular complexity index is 530. The zero-order chi connectivity index (χ0) is 15.4. The number of carboxylic acids is 1. The SMILES string of the molecule is Cc1nc(C)c(CNC(=O)N2CCCC(CC(=O)O)C2)s1. The summed E-state index contributed by atoms with van der Waals surface area (Å²) in [5.41, 5.74) is 0.959. The third-order valence-corrected chi connectivity index (χ3v) is 4.74. The number of hydrogen-bond donors (Lipinski definition) is 2. The molecule has 0 aliphatic carbocycles. The van der Waals surface area contributed by atoms with Crippen LogP contribution >= 0.6 is 11.3 Å². The highest BCUT2D eigenvalue weighted by atomic mass is 32.1. The summed E-state index contributed by atoms with van der Waals surface area (Å²) in [5, 5.41) is 12.8. The first-order valence-corrected chi connectivity index (χ1v) is 7.95. The number of aromatic nitrogens is 1. The predicted octanol–water partition coefficient (Wildman–Crippen LogP) is 2.16. The Labute approximate surface area is 128 Å². The van der Waals surface area contributed by atoms with Gasteiger partial charge in [-0.25, -0.2) is 9.78 Å². The topological polar surface area (TPSA) is 82.5 Å². The normalized spacial score (nSPS) is 18.6. The van der Waals surface area contributed by atoms with Gasteiger partial charge in [0.1, 0.15) is 0 Å². The molecular weight excluding hydrogens is 290 g/mol. The lowest BCUT2D eigenvalue weighted by Gasteiger charge is -2.32. The van der Waals surface area contributed by atoms with Crippen molar-refractivity contribution >= 4 is 23.3 Å². The van der Waals surface area contributed by atoms with Crippen molar-refractivity contribution in [1.82, 2.24) is 15.2 Å². The highest BCUT2D eigenvalue weighted by Crippen LogP contribution is 2.20. The van der Waals surface area contributed by atoms with Gasteiger partial charge in [-0.15, -0.1) is 11.3 Å². The van der Waals surface area contributed by atoms with E-state index in [1.165, 1.54) is 0 Å². The summed E-state index contributed by atoms with van der Waals surface area (Å²) in [6.45, 7) is 5.59. The standard InChI is InChI=1S/C14H21N3O3S/c1-9-12(21-10(2)16-9)7-15-14(20)17-5-3-4-11(8-17)6-13(18)19/h11H,3-8H2,1-2H3,(H,15,20)(H,18,19). The quantitative estimate of drug-likeness (QED) is 0.892. The summed E-state index contributed by atoms with van der Waals surface area (Å²) in [4.78, 5) is 30.1. The predicted molar refractivity (Wildman–Crippen MR) is 80.4 cm³/mol. The van der Waals surface area contributed by atoms with Crippen molar-refractivity contribution in [3.05, 3.63) is 15.6 Å². The van der Waals surface area contributed by atoms with Crippen LogP contribution in [0.1, 0.15) is 34.8 Å². The van der Waals surface area contributed by atoms with Crippen molar-refractivity contribution in [2.45, 2.75) is 39.7 Å². The molecule has 21 heavy (non-hydrogen) atoms. The molecular formula is C14H21N3O3S. The number of carbonyl (C=O) groups is 2. The number of hydrogen-bond acceptors (Lipinski definition) is 4. The van der Waals surface area contributed by atoms with E-state index in [9.17, 15) is 9.59 Å². The van der Waals surface area contributed by atoms with Gasteiger partial charge in [0.15, 0.2) is 0 Å². The molecule has 1 atom stereocenters. The second kappa shape index (κ2) is 6.89. The molecule has 1 aliphatic heterocycles. The Balaban J connectivity index is 1.85. The number of nitrogens with one attached hydrogen (secondary N) is 1. The molecule has 0 aromatic carbocycles. The minimum Gasteiger partial charge on any atom is -0.481 e. The highest BCUT2D eigenvalue weighted by Gasteiger charge is 2.25. The summed E-state index contributed by atoms with van der Waals surface area (Å²) in [7, 11) is 0. The van der Waals surface area contributed by atoms with Gasteiger partial charge in [-0.05, 0) is 32.6 Å². The number of aryl methyl sites for hydroxylation is 2. The average molecular weight is 311 g/mol. The van der Waals surface area contributed by atoms with Crippen LogP contribution in [0.4, 0.5) is 4.79 Å². The number of nitrogens with zero attached hydrogens (tertiary/aromatic N) is 2. The summed E-state index contributed by atoms with van der Waals surface area (Å²) in [6, 6.07) is -0.115. The third kappa shape index (κ3) is 4.42. The van der Waals surface area contributed by atoms with Gasteiger partial charge in [-0.2, -0.15) is 0 Å². The van der Waals surface area contributed by atoms with Crippen LogP contribution in [-0.2, 0) is 11.3 Å². The smallest absolute Gasteiger partial charge is 0.317 e. The van der Waals surface area contributed by atoms with Crippen molar-refractivity contribution in [3.63, 3.8) is 0 Å². The maximum absolute atomic E-state index is 12.2. The lowest BCUT2D eigenvalue weighted by Crippen LogP contribution is -2.45. The van der Waals surface area contributed by atoms with Crippen LogP contribution in [0.3, 0.4) is 0 Å². The van der Waals surface area contributed by atoms with Gasteiger partial charge in [0.2, 0.25) is 0 Å². The molecule has 1 fully saturated rings. The number of urea groups is 1. The van der Waals surface area contributed by atoms with Crippen molar-refractivity contribution in [3.8, 4) is 0 Å². The van der Waals surface area contributed by atoms with E-state index in [2.05, 4.69) is 10.3 Å². The summed E-state index contributed by atoms with van der Waals surface area (Å²) < 4.78 is 0. The minimum absolute atomic E-state index is 0.0642. The third-order valence-electron chi connectivity index (χ3n) is 3.67. The minimum atomic E-state index is -0.794. The number of carboxylic acid groups (broad SMARTS) is 1. The molecule has 116 valence electrons. The number of thiazole rings is 1. The van der Waals surface area contributed by atoms with Crippen LogP contribution < -0.4 is 5.32 Å². The van der Waals surface area contributed by atoms with Gasteiger partial charge >= 0.3 is 12.0 Å². The molecule has 7 heteroatoms. The van der Waals surface area contributed by atoms with Crippen molar-refractivity contribution in [2.75, 3.05) is 13.1 Å². The molecule has 2 heterocycles. The molecule has 2 rings (SSSR count). The van der Waals surface area contributed by atoms with E-state index in [-0.39, 0.29) is 18.4 Å². The van der Waals surface area contributed by atoms with Crippen LogP contribution in [0.15, 0.2) is 0 Å². The fraction of sp³-hybridized carbons (Fsp3) is 0.643. The van der Waals surface area contributed by atoms with Gasteiger partial charge < -0.3 is 15.3 Å². The highest BCUT2D eigenvalue weighted by molar-refractivity contribution is 7.11. The Kier molecular flexibility index (Phi) is 5.17. The van der Waals surface area contributed by atoms with Gasteiger partial charge in [0.25, 0.3) is 0 Å². The molecule has 1 saturated heterocycles. The molecule has 0 saturated carbocycles. The fourth-order valence-corrected chi connectivity index (χ4v) is 3.55. The van der Waals surface area contributed by atoms with Crippen LogP contribution in [0.2, 0.25) is 0 Å². The molecule has 1 aromatic rings. The second-order valence-electron chi connectivity index (χ2n) is 5.45. The van der Waals surface area contributed by atoms with Crippen LogP contribution in [-0.4, -0.2) is 40.1 Å². The van der Waals surface area contributed by atoms with Gasteiger partial charge in [0, 0.05) is 24.4 Å². The van der Waals surface area contributed by atoms with Gasteiger partial charge in [-0.1, -0.05) is 0 Å². The van der Waals surface area contributed by atoms with E-state index in [0.717, 1.165) is 28.4 Å². The molecule has 0 spiro atoms. The molecule has 2 N–H and O–H groups in total. The fourth-order valence-electron chi connectivity index (χ4n) is 2.67. The molecule has 1 aromatic heterocycles. The van der Waals surface area contributed by atoms with Crippen molar-refractivity contribution in [1.29, 1.82) is 0 Å². The van der Waals surface area contributed by atoms with E-state index in [1.807, 2.05) is 13.8 Å². The number of amides is 2. The summed E-state index contributed by atoms with van der Waals surface area (Å²) in [5.74, 6) is -0.729. The zero-order valence-electron chi connectivity index (χ0n) is 12.4. The number of likely N-dealkylation sites (tertiary alicyclic amines) is 1. The van der Waals surface area contributed by atoms with E-state index in [0.29, 0.717) is 19.6 Å². The number of carbonyl (C=O) groups excluding carboxylic acids is 1.